The van der Waals surface area contributed by atoms with Gasteiger partial charge in [0.1, 0.15) is 0 Å². The molecule has 1 nitrogen and oxygen atoms in total. The van der Waals surface area contributed by atoms with Gasteiger partial charge in [0.25, 0.3) is 0 Å². The van der Waals surface area contributed by atoms with E-state index in [4.69, 9.17) is 4.98 Å². The average molecular weight is 303 g/mol. The molecule has 0 saturated heterocycles. The van der Waals surface area contributed by atoms with Gasteiger partial charge in [-0.2, -0.15) is 0 Å². The summed E-state index contributed by atoms with van der Waals surface area (Å²) in [5, 5.41) is 1.31. The minimum Gasteiger partial charge on any atom is -0.251 e. The molecule has 0 unspecified atom stereocenters. The highest BCUT2D eigenvalue weighted by molar-refractivity contribution is 8.01. The van der Waals surface area contributed by atoms with Gasteiger partial charge < -0.3 is 0 Å². The third-order valence-corrected chi connectivity index (χ3v) is 6.01. The second kappa shape index (κ2) is 6.40. The maximum atomic E-state index is 5.04. The fourth-order valence-corrected chi connectivity index (χ4v) is 5.13. The Balaban J connectivity index is 2.19. The molecular formula is C17H21NS2. The van der Waals surface area contributed by atoms with E-state index >= 15 is 0 Å². The lowest BCUT2D eigenvalue weighted by Gasteiger charge is -2.24. The first-order chi connectivity index (χ1) is 9.85. The molecule has 2 aromatic rings. The van der Waals surface area contributed by atoms with E-state index in [0.29, 0.717) is 5.92 Å². The van der Waals surface area contributed by atoms with Gasteiger partial charge in [-0.1, -0.05) is 37.5 Å². The van der Waals surface area contributed by atoms with Crippen LogP contribution in [0.15, 0.2) is 34.1 Å². The Morgan fingerprint density at radius 2 is 1.65 bits per heavy atom. The number of aromatic nitrogens is 1. The number of benzene rings is 1. The summed E-state index contributed by atoms with van der Waals surface area (Å²) < 4.78 is 0. The molecule has 0 aliphatic heterocycles. The summed E-state index contributed by atoms with van der Waals surface area (Å²) in [5.41, 5.74) is 2.52. The molecule has 3 rings (SSSR count). The number of thioether (sulfide) groups is 2. The third kappa shape index (κ3) is 2.58. The molecule has 1 saturated carbocycles. The highest BCUT2D eigenvalue weighted by Crippen LogP contribution is 2.42. The van der Waals surface area contributed by atoms with E-state index in [0.717, 1.165) is 5.52 Å². The Morgan fingerprint density at radius 1 is 0.950 bits per heavy atom. The zero-order chi connectivity index (χ0) is 13.9. The molecule has 1 aliphatic rings. The fraction of sp³-hybridized carbons (Fsp3) is 0.471. The standard InChI is InChI=1S/C17H21NS2/c1-19-16-13-10-6-7-11-14(13)18-15(17(16)20-2)12-8-4-3-5-9-12/h6-7,10-12H,3-5,8-9H2,1-2H3. The lowest BCUT2D eigenvalue weighted by molar-refractivity contribution is 0.432. The molecule has 20 heavy (non-hydrogen) atoms. The van der Waals surface area contributed by atoms with Crippen molar-refractivity contribution in [2.75, 3.05) is 12.5 Å². The van der Waals surface area contributed by atoms with Crippen LogP contribution in [0.5, 0.6) is 0 Å². The number of pyridine rings is 1. The topological polar surface area (TPSA) is 12.9 Å². The van der Waals surface area contributed by atoms with Crippen molar-refractivity contribution in [3.05, 3.63) is 30.0 Å². The van der Waals surface area contributed by atoms with Crippen molar-refractivity contribution in [3.63, 3.8) is 0 Å². The number of rotatable bonds is 3. The van der Waals surface area contributed by atoms with Crippen LogP contribution in [0.25, 0.3) is 10.9 Å². The molecule has 1 aliphatic carbocycles. The van der Waals surface area contributed by atoms with Crippen LogP contribution < -0.4 is 0 Å². The Bertz CT molecular complexity index is 603. The number of fused-ring (bicyclic) bond motifs is 1. The van der Waals surface area contributed by atoms with Gasteiger partial charge in [0, 0.05) is 21.1 Å². The quantitative estimate of drug-likeness (QED) is 0.672. The van der Waals surface area contributed by atoms with E-state index in [-0.39, 0.29) is 0 Å². The van der Waals surface area contributed by atoms with Gasteiger partial charge >= 0.3 is 0 Å². The van der Waals surface area contributed by atoms with Crippen LogP contribution in [0.3, 0.4) is 0 Å². The summed E-state index contributed by atoms with van der Waals surface area (Å²) in [4.78, 5) is 7.88. The largest absolute Gasteiger partial charge is 0.251 e. The summed E-state index contributed by atoms with van der Waals surface area (Å²) >= 11 is 3.74. The molecule has 0 atom stereocenters. The third-order valence-electron chi connectivity index (χ3n) is 4.23. The van der Waals surface area contributed by atoms with Gasteiger partial charge in [-0.15, -0.1) is 23.5 Å². The van der Waals surface area contributed by atoms with Crippen LogP contribution in [0.1, 0.15) is 43.7 Å². The lowest BCUT2D eigenvalue weighted by Crippen LogP contribution is -2.09. The van der Waals surface area contributed by atoms with E-state index < -0.39 is 0 Å². The molecule has 0 bridgehead atoms. The van der Waals surface area contributed by atoms with E-state index in [1.165, 1.54) is 53.0 Å². The summed E-state index contributed by atoms with van der Waals surface area (Å²) in [6.45, 7) is 0. The summed E-state index contributed by atoms with van der Waals surface area (Å²) in [6, 6.07) is 8.58. The van der Waals surface area contributed by atoms with E-state index in [2.05, 4.69) is 36.8 Å². The molecule has 0 radical (unpaired) electrons. The van der Waals surface area contributed by atoms with Crippen molar-refractivity contribution in [1.29, 1.82) is 0 Å². The fourth-order valence-electron chi connectivity index (χ4n) is 3.23. The van der Waals surface area contributed by atoms with Crippen LogP contribution in [-0.2, 0) is 0 Å². The number of para-hydroxylation sites is 1. The first-order valence-electron chi connectivity index (χ1n) is 7.35. The zero-order valence-corrected chi connectivity index (χ0v) is 13.8. The molecule has 0 spiro atoms. The second-order valence-electron chi connectivity index (χ2n) is 5.42. The van der Waals surface area contributed by atoms with Crippen molar-refractivity contribution in [3.8, 4) is 0 Å². The van der Waals surface area contributed by atoms with E-state index in [9.17, 15) is 0 Å². The minimum atomic E-state index is 0.668. The molecule has 106 valence electrons. The Labute approximate surface area is 129 Å². The monoisotopic (exact) mass is 303 g/mol. The zero-order valence-electron chi connectivity index (χ0n) is 12.2. The molecule has 1 fully saturated rings. The lowest BCUT2D eigenvalue weighted by atomic mass is 9.86. The molecule has 0 amide bonds. The Morgan fingerprint density at radius 3 is 2.35 bits per heavy atom. The van der Waals surface area contributed by atoms with Crippen molar-refractivity contribution < 1.29 is 0 Å². The van der Waals surface area contributed by atoms with Crippen molar-refractivity contribution >= 4 is 34.4 Å². The molecule has 3 heteroatoms. The van der Waals surface area contributed by atoms with Crippen molar-refractivity contribution in [1.82, 2.24) is 4.98 Å². The van der Waals surface area contributed by atoms with Gasteiger partial charge in [0.15, 0.2) is 0 Å². The highest BCUT2D eigenvalue weighted by Gasteiger charge is 2.23. The predicted molar refractivity (Wildman–Crippen MR) is 91.1 cm³/mol. The molecule has 1 aromatic carbocycles. The summed E-state index contributed by atoms with van der Waals surface area (Å²) in [6.07, 6.45) is 11.1. The van der Waals surface area contributed by atoms with Crippen LogP contribution in [-0.4, -0.2) is 17.5 Å². The van der Waals surface area contributed by atoms with Gasteiger partial charge in [0.05, 0.1) is 11.2 Å². The normalized spacial score (nSPS) is 16.7. The van der Waals surface area contributed by atoms with Crippen molar-refractivity contribution in [2.24, 2.45) is 0 Å². The predicted octanol–water partition coefficient (Wildman–Crippen LogP) is 5.73. The van der Waals surface area contributed by atoms with Crippen LogP contribution in [0, 0.1) is 0 Å². The van der Waals surface area contributed by atoms with Gasteiger partial charge in [0.2, 0.25) is 0 Å². The van der Waals surface area contributed by atoms with Crippen LogP contribution in [0.2, 0.25) is 0 Å². The summed E-state index contributed by atoms with van der Waals surface area (Å²) in [5.74, 6) is 0.668. The van der Waals surface area contributed by atoms with E-state index in [1.54, 1.807) is 0 Å². The van der Waals surface area contributed by atoms with Crippen LogP contribution >= 0.6 is 23.5 Å². The maximum Gasteiger partial charge on any atom is 0.0717 e. The maximum absolute atomic E-state index is 5.04. The minimum absolute atomic E-state index is 0.668. The smallest absolute Gasteiger partial charge is 0.0717 e. The molecule has 1 heterocycles. The highest BCUT2D eigenvalue weighted by atomic mass is 32.2. The number of hydrogen-bond donors (Lipinski definition) is 0. The van der Waals surface area contributed by atoms with E-state index in [1.807, 2.05) is 23.5 Å². The number of nitrogens with zero attached hydrogens (tertiary/aromatic N) is 1. The van der Waals surface area contributed by atoms with Gasteiger partial charge in [-0.25, -0.2) is 0 Å². The number of hydrogen-bond acceptors (Lipinski definition) is 3. The second-order valence-corrected chi connectivity index (χ2v) is 7.05. The van der Waals surface area contributed by atoms with Crippen molar-refractivity contribution in [2.45, 2.75) is 47.8 Å². The Hall–Kier alpha value is -0.670. The molecule has 0 N–H and O–H groups in total. The SMILES string of the molecule is CSc1c(C2CCCCC2)nc2ccccc2c1SC. The van der Waals surface area contributed by atoms with Gasteiger partial charge in [-0.3, -0.25) is 4.98 Å². The average Bonchev–Trinajstić information content (AvgIpc) is 2.53. The first-order valence-corrected chi connectivity index (χ1v) is 9.80. The molecular weight excluding hydrogens is 282 g/mol. The van der Waals surface area contributed by atoms with Crippen LogP contribution in [0.4, 0.5) is 0 Å². The van der Waals surface area contributed by atoms with Gasteiger partial charge in [-0.05, 0) is 31.4 Å². The first kappa shape index (κ1) is 14.3. The Kier molecular flexibility index (Phi) is 4.57. The summed E-state index contributed by atoms with van der Waals surface area (Å²) in [7, 11) is 0. The molecule has 1 aromatic heterocycles.